The summed E-state index contributed by atoms with van der Waals surface area (Å²) in [5.74, 6) is -0.119. The number of carbonyl (C=O) groups is 1. The summed E-state index contributed by atoms with van der Waals surface area (Å²) >= 11 is 6.01. The molecule has 5 nitrogen and oxygen atoms in total. The van der Waals surface area contributed by atoms with Crippen LogP contribution in [-0.2, 0) is 6.42 Å². The fourth-order valence-electron chi connectivity index (χ4n) is 2.58. The van der Waals surface area contributed by atoms with E-state index in [2.05, 4.69) is 9.97 Å². The van der Waals surface area contributed by atoms with Gasteiger partial charge in [-0.2, -0.15) is 0 Å². The van der Waals surface area contributed by atoms with Crippen molar-refractivity contribution in [2.24, 2.45) is 0 Å². The van der Waals surface area contributed by atoms with Gasteiger partial charge in [0.1, 0.15) is 0 Å². The second kappa shape index (κ2) is 5.33. The zero-order valence-electron chi connectivity index (χ0n) is 11.7. The van der Waals surface area contributed by atoms with E-state index in [1.54, 1.807) is 11.0 Å². The van der Waals surface area contributed by atoms with Crippen molar-refractivity contribution in [2.75, 3.05) is 12.0 Å². The highest BCUT2D eigenvalue weighted by molar-refractivity contribution is 6.30. The van der Waals surface area contributed by atoms with E-state index >= 15 is 0 Å². The maximum Gasteiger partial charge on any atom is 0.316 e. The largest absolute Gasteiger partial charge is 0.467 e. The van der Waals surface area contributed by atoms with Crippen molar-refractivity contribution in [3.63, 3.8) is 0 Å². The predicted molar refractivity (Wildman–Crippen MR) is 80.0 cm³/mol. The van der Waals surface area contributed by atoms with E-state index in [0.29, 0.717) is 10.6 Å². The normalized spacial score (nSPS) is 16.7. The van der Waals surface area contributed by atoms with Crippen LogP contribution in [0.25, 0.3) is 0 Å². The first-order valence-electron chi connectivity index (χ1n) is 6.58. The molecule has 3 rings (SSSR count). The van der Waals surface area contributed by atoms with Crippen LogP contribution in [0.1, 0.15) is 22.8 Å². The number of hydrogen-bond donors (Lipinski definition) is 0. The van der Waals surface area contributed by atoms with Crippen LogP contribution in [0.3, 0.4) is 0 Å². The van der Waals surface area contributed by atoms with Gasteiger partial charge in [-0.15, -0.1) is 0 Å². The van der Waals surface area contributed by atoms with Crippen LogP contribution in [0, 0.1) is 0 Å². The lowest BCUT2D eigenvalue weighted by Crippen LogP contribution is -2.35. The molecule has 6 heteroatoms. The van der Waals surface area contributed by atoms with E-state index in [-0.39, 0.29) is 18.0 Å². The Hall–Kier alpha value is -2.14. The minimum Gasteiger partial charge on any atom is -0.467 e. The molecule has 0 spiro atoms. The van der Waals surface area contributed by atoms with Gasteiger partial charge in [0, 0.05) is 29.1 Å². The highest BCUT2D eigenvalue weighted by Gasteiger charge is 2.31. The molecule has 1 atom stereocenters. The van der Waals surface area contributed by atoms with Crippen LogP contribution in [-0.4, -0.2) is 29.0 Å². The van der Waals surface area contributed by atoms with Crippen LogP contribution in [0.4, 0.5) is 5.69 Å². The van der Waals surface area contributed by atoms with Gasteiger partial charge in [-0.3, -0.25) is 4.79 Å². The number of amides is 1. The molecule has 108 valence electrons. The van der Waals surface area contributed by atoms with E-state index in [4.69, 9.17) is 16.3 Å². The van der Waals surface area contributed by atoms with Crippen molar-refractivity contribution < 1.29 is 9.53 Å². The fourth-order valence-corrected chi connectivity index (χ4v) is 2.77. The predicted octanol–water partition coefficient (Wildman–Crippen LogP) is 2.73. The summed E-state index contributed by atoms with van der Waals surface area (Å²) < 4.78 is 4.90. The van der Waals surface area contributed by atoms with Crippen molar-refractivity contribution in [3.8, 4) is 6.01 Å². The molecule has 21 heavy (non-hydrogen) atoms. The summed E-state index contributed by atoms with van der Waals surface area (Å²) in [4.78, 5) is 22.4. The number of carbonyl (C=O) groups excluding carboxylic acids is 1. The molecule has 2 heterocycles. The number of hydrogen-bond acceptors (Lipinski definition) is 4. The summed E-state index contributed by atoms with van der Waals surface area (Å²) in [5, 5.41) is 0.683. The Balaban J connectivity index is 1.94. The summed E-state index contributed by atoms with van der Waals surface area (Å²) in [6.45, 7) is 2.01. The summed E-state index contributed by atoms with van der Waals surface area (Å²) in [7, 11) is 1.49. The number of nitrogens with zero attached hydrogens (tertiary/aromatic N) is 3. The number of methoxy groups -OCH3 is 1. The molecule has 1 aliphatic heterocycles. The number of halogens is 1. The topological polar surface area (TPSA) is 55.3 Å². The molecule has 0 aliphatic carbocycles. The van der Waals surface area contributed by atoms with E-state index in [0.717, 1.165) is 17.7 Å². The maximum atomic E-state index is 12.7. The molecule has 0 bridgehead atoms. The molecule has 0 radical (unpaired) electrons. The molecule has 2 aromatic rings. The first-order valence-corrected chi connectivity index (χ1v) is 6.96. The van der Waals surface area contributed by atoms with Gasteiger partial charge in [-0.1, -0.05) is 11.6 Å². The number of aromatic nitrogens is 2. The molecule has 0 fully saturated rings. The third kappa shape index (κ3) is 2.45. The van der Waals surface area contributed by atoms with Crippen molar-refractivity contribution >= 4 is 23.2 Å². The monoisotopic (exact) mass is 303 g/mol. The SMILES string of the molecule is COc1ncc(C(=O)N2c3ccc(Cl)cc3CC2C)cn1. The first kappa shape index (κ1) is 13.8. The van der Waals surface area contributed by atoms with Gasteiger partial charge < -0.3 is 9.64 Å². The maximum absolute atomic E-state index is 12.7. The van der Waals surface area contributed by atoms with Gasteiger partial charge in [-0.25, -0.2) is 9.97 Å². The minimum atomic E-state index is -0.119. The lowest BCUT2D eigenvalue weighted by atomic mass is 10.1. The zero-order valence-corrected chi connectivity index (χ0v) is 12.5. The third-order valence-electron chi connectivity index (χ3n) is 3.53. The molecule has 1 aromatic carbocycles. The first-order chi connectivity index (χ1) is 10.1. The van der Waals surface area contributed by atoms with Crippen LogP contribution in [0.2, 0.25) is 5.02 Å². The Morgan fingerprint density at radius 2 is 2.10 bits per heavy atom. The molecule has 1 amide bonds. The average molecular weight is 304 g/mol. The second-order valence-corrected chi connectivity index (χ2v) is 5.40. The molecular formula is C15H14ClN3O2. The van der Waals surface area contributed by atoms with Crippen LogP contribution < -0.4 is 9.64 Å². The van der Waals surface area contributed by atoms with E-state index in [1.165, 1.54) is 19.5 Å². The average Bonchev–Trinajstić information content (AvgIpc) is 2.81. The van der Waals surface area contributed by atoms with Crippen molar-refractivity contribution in [2.45, 2.75) is 19.4 Å². The van der Waals surface area contributed by atoms with Gasteiger partial charge in [-0.05, 0) is 37.1 Å². The van der Waals surface area contributed by atoms with Gasteiger partial charge in [0.25, 0.3) is 5.91 Å². The lowest BCUT2D eigenvalue weighted by Gasteiger charge is -2.22. The van der Waals surface area contributed by atoms with Crippen molar-refractivity contribution in [1.82, 2.24) is 9.97 Å². The number of fused-ring (bicyclic) bond motifs is 1. The van der Waals surface area contributed by atoms with Gasteiger partial charge in [0.15, 0.2) is 0 Å². The van der Waals surface area contributed by atoms with E-state index < -0.39 is 0 Å². The lowest BCUT2D eigenvalue weighted by molar-refractivity contribution is 0.0980. The quantitative estimate of drug-likeness (QED) is 0.856. The molecule has 0 saturated carbocycles. The fraction of sp³-hybridized carbons (Fsp3) is 0.267. The Morgan fingerprint density at radius 1 is 1.38 bits per heavy atom. The molecule has 0 N–H and O–H groups in total. The molecular weight excluding hydrogens is 290 g/mol. The van der Waals surface area contributed by atoms with Gasteiger partial charge in [0.2, 0.25) is 0 Å². The molecule has 1 aliphatic rings. The highest BCUT2D eigenvalue weighted by atomic mass is 35.5. The van der Waals surface area contributed by atoms with Crippen LogP contribution >= 0.6 is 11.6 Å². The number of anilines is 1. The summed E-state index contributed by atoms with van der Waals surface area (Å²) in [5.41, 5.74) is 2.41. The Morgan fingerprint density at radius 3 is 2.76 bits per heavy atom. The third-order valence-corrected chi connectivity index (χ3v) is 3.77. The Kier molecular flexibility index (Phi) is 3.51. The van der Waals surface area contributed by atoms with Crippen LogP contribution in [0.5, 0.6) is 6.01 Å². The minimum absolute atomic E-state index is 0.0769. The summed E-state index contributed by atoms with van der Waals surface area (Å²) in [6.07, 6.45) is 3.75. The van der Waals surface area contributed by atoms with E-state index in [1.807, 2.05) is 19.1 Å². The standard InChI is InChI=1S/C15H14ClN3O2/c1-9-5-10-6-12(16)3-4-13(10)19(9)14(20)11-7-17-15(21-2)18-8-11/h3-4,6-9H,5H2,1-2H3. The Bertz CT molecular complexity index is 688. The van der Waals surface area contributed by atoms with E-state index in [9.17, 15) is 4.79 Å². The number of rotatable bonds is 2. The van der Waals surface area contributed by atoms with Gasteiger partial charge in [0.05, 0.1) is 12.7 Å². The molecule has 1 unspecified atom stereocenters. The smallest absolute Gasteiger partial charge is 0.316 e. The zero-order chi connectivity index (χ0) is 15.0. The van der Waals surface area contributed by atoms with Gasteiger partial charge >= 0.3 is 6.01 Å². The summed E-state index contributed by atoms with van der Waals surface area (Å²) in [6, 6.07) is 5.90. The highest BCUT2D eigenvalue weighted by Crippen LogP contribution is 2.34. The van der Waals surface area contributed by atoms with Crippen molar-refractivity contribution in [1.29, 1.82) is 0 Å². The second-order valence-electron chi connectivity index (χ2n) is 4.96. The number of benzene rings is 1. The molecule has 0 saturated heterocycles. The van der Waals surface area contributed by atoms with Crippen molar-refractivity contribution in [3.05, 3.63) is 46.7 Å². The van der Waals surface area contributed by atoms with Crippen LogP contribution in [0.15, 0.2) is 30.6 Å². The molecule has 1 aromatic heterocycles. The number of ether oxygens (including phenoxy) is 1. The Labute approximate surface area is 127 Å².